The largest absolute Gasteiger partial charge is 0.480 e. The molecule has 0 saturated carbocycles. The van der Waals surface area contributed by atoms with E-state index in [2.05, 4.69) is 17.6 Å². The number of amides is 2. The zero-order valence-electron chi connectivity index (χ0n) is 12.5. The number of urea groups is 1. The summed E-state index contributed by atoms with van der Waals surface area (Å²) >= 11 is 0. The molecule has 0 aromatic carbocycles. The van der Waals surface area contributed by atoms with Crippen LogP contribution in [0, 0.1) is 11.8 Å². The summed E-state index contributed by atoms with van der Waals surface area (Å²) in [5.41, 5.74) is 0. The molecule has 0 aromatic heterocycles. The molecule has 1 heterocycles. The third-order valence-corrected chi connectivity index (χ3v) is 3.58. The quantitative estimate of drug-likeness (QED) is 0.663. The van der Waals surface area contributed by atoms with Crippen molar-refractivity contribution in [3.63, 3.8) is 0 Å². The molecule has 20 heavy (non-hydrogen) atoms. The Labute approximate surface area is 120 Å². The number of rotatable bonds is 7. The molecule has 1 aliphatic rings. The van der Waals surface area contributed by atoms with Crippen molar-refractivity contribution in [2.75, 3.05) is 13.2 Å². The Morgan fingerprint density at radius 2 is 2.10 bits per heavy atom. The van der Waals surface area contributed by atoms with Gasteiger partial charge in [0.25, 0.3) is 0 Å². The summed E-state index contributed by atoms with van der Waals surface area (Å²) in [6.07, 6.45) is 2.49. The number of carboxylic acids is 1. The number of aliphatic carboxylic acids is 1. The van der Waals surface area contributed by atoms with Gasteiger partial charge in [0.05, 0.1) is 6.10 Å². The van der Waals surface area contributed by atoms with Crippen LogP contribution in [0.2, 0.25) is 0 Å². The molecule has 116 valence electrons. The summed E-state index contributed by atoms with van der Waals surface area (Å²) in [5, 5.41) is 14.3. The van der Waals surface area contributed by atoms with Crippen LogP contribution in [0.3, 0.4) is 0 Å². The molecule has 1 fully saturated rings. The van der Waals surface area contributed by atoms with Crippen molar-refractivity contribution in [3.05, 3.63) is 0 Å². The van der Waals surface area contributed by atoms with E-state index in [0.29, 0.717) is 18.9 Å². The molecular weight excluding hydrogens is 260 g/mol. The highest BCUT2D eigenvalue weighted by Crippen LogP contribution is 2.22. The predicted octanol–water partition coefficient (Wildman–Crippen LogP) is 1.60. The molecule has 6 nitrogen and oxygen atoms in total. The van der Waals surface area contributed by atoms with Crippen molar-refractivity contribution in [3.8, 4) is 0 Å². The van der Waals surface area contributed by atoms with Gasteiger partial charge in [-0.05, 0) is 25.2 Å². The van der Waals surface area contributed by atoms with E-state index in [1.807, 2.05) is 13.8 Å². The normalized spacial score (nSPS) is 23.6. The van der Waals surface area contributed by atoms with Crippen LogP contribution < -0.4 is 10.6 Å². The van der Waals surface area contributed by atoms with Gasteiger partial charge in [-0.2, -0.15) is 0 Å². The second-order valence-electron chi connectivity index (χ2n) is 5.74. The van der Waals surface area contributed by atoms with Gasteiger partial charge in [-0.15, -0.1) is 0 Å². The Balaban J connectivity index is 2.36. The van der Waals surface area contributed by atoms with E-state index >= 15 is 0 Å². The predicted molar refractivity (Wildman–Crippen MR) is 75.6 cm³/mol. The number of carbonyl (C=O) groups is 2. The van der Waals surface area contributed by atoms with Crippen LogP contribution in [0.15, 0.2) is 0 Å². The number of carbonyl (C=O) groups excluding carboxylic acids is 1. The lowest BCUT2D eigenvalue weighted by Crippen LogP contribution is -2.48. The van der Waals surface area contributed by atoms with E-state index in [4.69, 9.17) is 9.84 Å². The monoisotopic (exact) mass is 286 g/mol. The summed E-state index contributed by atoms with van der Waals surface area (Å²) in [5.74, 6) is -0.465. The first-order valence-electron chi connectivity index (χ1n) is 7.32. The smallest absolute Gasteiger partial charge is 0.326 e. The molecular formula is C14H26N2O4. The van der Waals surface area contributed by atoms with E-state index in [0.717, 1.165) is 19.4 Å². The van der Waals surface area contributed by atoms with Gasteiger partial charge in [-0.1, -0.05) is 20.8 Å². The second-order valence-corrected chi connectivity index (χ2v) is 5.74. The van der Waals surface area contributed by atoms with Gasteiger partial charge in [0.2, 0.25) is 0 Å². The van der Waals surface area contributed by atoms with E-state index < -0.39 is 18.0 Å². The lowest BCUT2D eigenvalue weighted by atomic mass is 10.00. The lowest BCUT2D eigenvalue weighted by Gasteiger charge is -2.20. The molecule has 1 saturated heterocycles. The van der Waals surface area contributed by atoms with Crippen LogP contribution in [-0.4, -0.2) is 42.4 Å². The zero-order valence-corrected chi connectivity index (χ0v) is 12.5. The van der Waals surface area contributed by atoms with Gasteiger partial charge in [-0.25, -0.2) is 9.59 Å². The van der Waals surface area contributed by atoms with E-state index in [1.54, 1.807) is 0 Å². The van der Waals surface area contributed by atoms with Crippen LogP contribution in [0.25, 0.3) is 0 Å². The van der Waals surface area contributed by atoms with Crippen molar-refractivity contribution in [2.24, 2.45) is 11.8 Å². The molecule has 2 amide bonds. The van der Waals surface area contributed by atoms with Crippen LogP contribution in [0.5, 0.6) is 0 Å². The maximum Gasteiger partial charge on any atom is 0.326 e. The van der Waals surface area contributed by atoms with Gasteiger partial charge in [0.1, 0.15) is 6.04 Å². The van der Waals surface area contributed by atoms with Crippen molar-refractivity contribution in [1.82, 2.24) is 10.6 Å². The first kappa shape index (κ1) is 16.8. The third kappa shape index (κ3) is 5.36. The van der Waals surface area contributed by atoms with Crippen molar-refractivity contribution in [2.45, 2.75) is 52.2 Å². The number of ether oxygens (including phenoxy) is 1. The standard InChI is InChI=1S/C14H26N2O4/c1-4-12-10(5-6-20-12)8-15-14(19)16-11(13(17)18)7-9(2)3/h9-12H,4-8H2,1-3H3,(H,17,18)(H2,15,16,19)/t10?,11-,12?/m1/s1. The fraction of sp³-hybridized carbons (Fsp3) is 0.857. The molecule has 3 N–H and O–H groups in total. The van der Waals surface area contributed by atoms with Gasteiger partial charge in [-0.3, -0.25) is 0 Å². The number of hydrogen-bond donors (Lipinski definition) is 3. The topological polar surface area (TPSA) is 87.7 Å². The Hall–Kier alpha value is -1.30. The summed E-state index contributed by atoms with van der Waals surface area (Å²) in [7, 11) is 0. The first-order chi connectivity index (χ1) is 9.43. The third-order valence-electron chi connectivity index (χ3n) is 3.58. The summed E-state index contributed by atoms with van der Waals surface area (Å²) < 4.78 is 5.55. The highest BCUT2D eigenvalue weighted by molar-refractivity contribution is 5.82. The van der Waals surface area contributed by atoms with Gasteiger partial charge >= 0.3 is 12.0 Å². The Kier molecular flexibility index (Phi) is 6.78. The van der Waals surface area contributed by atoms with Crippen LogP contribution >= 0.6 is 0 Å². The van der Waals surface area contributed by atoms with Crippen molar-refractivity contribution in [1.29, 1.82) is 0 Å². The average Bonchev–Trinajstić information content (AvgIpc) is 2.82. The van der Waals surface area contributed by atoms with Crippen molar-refractivity contribution >= 4 is 12.0 Å². The number of carboxylic acid groups (broad SMARTS) is 1. The Morgan fingerprint density at radius 1 is 1.40 bits per heavy atom. The minimum absolute atomic E-state index is 0.196. The van der Waals surface area contributed by atoms with Gasteiger partial charge < -0.3 is 20.5 Å². The summed E-state index contributed by atoms with van der Waals surface area (Å²) in [6, 6.07) is -1.25. The molecule has 1 aliphatic heterocycles. The van der Waals surface area contributed by atoms with E-state index in [-0.39, 0.29) is 12.0 Å². The van der Waals surface area contributed by atoms with Crippen molar-refractivity contribution < 1.29 is 19.4 Å². The highest BCUT2D eigenvalue weighted by Gasteiger charge is 2.27. The molecule has 0 aliphatic carbocycles. The summed E-state index contributed by atoms with van der Waals surface area (Å²) in [4.78, 5) is 22.8. The SMILES string of the molecule is CCC1OCCC1CNC(=O)N[C@H](CC(C)C)C(=O)O. The number of nitrogens with one attached hydrogen (secondary N) is 2. The zero-order chi connectivity index (χ0) is 15.1. The lowest BCUT2D eigenvalue weighted by molar-refractivity contribution is -0.139. The van der Waals surface area contributed by atoms with E-state index in [1.165, 1.54) is 0 Å². The van der Waals surface area contributed by atoms with Gasteiger partial charge in [0.15, 0.2) is 0 Å². The molecule has 1 rings (SSSR count). The molecule has 2 unspecified atom stereocenters. The maximum atomic E-state index is 11.8. The maximum absolute atomic E-state index is 11.8. The summed E-state index contributed by atoms with van der Waals surface area (Å²) in [6.45, 7) is 7.18. The Morgan fingerprint density at radius 3 is 2.65 bits per heavy atom. The molecule has 0 bridgehead atoms. The highest BCUT2D eigenvalue weighted by atomic mass is 16.5. The fourth-order valence-electron chi connectivity index (χ4n) is 2.50. The molecule has 0 radical (unpaired) electrons. The minimum Gasteiger partial charge on any atom is -0.480 e. The van der Waals surface area contributed by atoms with Crippen LogP contribution in [0.1, 0.15) is 40.0 Å². The molecule has 6 heteroatoms. The first-order valence-corrected chi connectivity index (χ1v) is 7.32. The Bertz CT molecular complexity index is 333. The fourth-order valence-corrected chi connectivity index (χ4v) is 2.50. The molecule has 0 spiro atoms. The van der Waals surface area contributed by atoms with E-state index in [9.17, 15) is 9.59 Å². The van der Waals surface area contributed by atoms with Crippen LogP contribution in [0.4, 0.5) is 4.79 Å². The van der Waals surface area contributed by atoms with Crippen LogP contribution in [-0.2, 0) is 9.53 Å². The average molecular weight is 286 g/mol. The molecule has 3 atom stereocenters. The molecule has 0 aromatic rings. The minimum atomic E-state index is -0.996. The number of hydrogen-bond acceptors (Lipinski definition) is 3. The van der Waals surface area contributed by atoms with Gasteiger partial charge in [0, 0.05) is 19.1 Å². The second kappa shape index (κ2) is 8.09.